The summed E-state index contributed by atoms with van der Waals surface area (Å²) in [5.74, 6) is -0.315. The maximum absolute atomic E-state index is 11.3. The summed E-state index contributed by atoms with van der Waals surface area (Å²) in [7, 11) is 3.05. The molecule has 0 amide bonds. The van der Waals surface area contributed by atoms with Gasteiger partial charge in [-0.1, -0.05) is 0 Å². The van der Waals surface area contributed by atoms with E-state index in [9.17, 15) is 4.79 Å². The summed E-state index contributed by atoms with van der Waals surface area (Å²) in [6.45, 7) is 4.63. The van der Waals surface area contributed by atoms with E-state index in [-0.39, 0.29) is 12.0 Å². The lowest BCUT2D eigenvalue weighted by Crippen LogP contribution is -2.21. The summed E-state index contributed by atoms with van der Waals surface area (Å²) in [5.41, 5.74) is 2.58. The van der Waals surface area contributed by atoms with E-state index in [1.165, 1.54) is 7.11 Å². The molecule has 1 unspecified atom stereocenters. The molecule has 0 bridgehead atoms. The summed E-state index contributed by atoms with van der Waals surface area (Å²) in [5, 5.41) is 3.32. The molecule has 0 saturated carbocycles. The van der Waals surface area contributed by atoms with Crippen molar-refractivity contribution in [2.24, 2.45) is 0 Å². The fourth-order valence-corrected chi connectivity index (χ4v) is 1.63. The molecule has 0 aliphatic heterocycles. The van der Waals surface area contributed by atoms with E-state index in [4.69, 9.17) is 4.74 Å². The first-order chi connectivity index (χ1) is 8.08. The molecule has 17 heavy (non-hydrogen) atoms. The van der Waals surface area contributed by atoms with Gasteiger partial charge in [0.2, 0.25) is 0 Å². The van der Waals surface area contributed by atoms with Crippen LogP contribution in [0.4, 0.5) is 5.69 Å². The van der Waals surface area contributed by atoms with E-state index in [1.807, 2.05) is 26.0 Å². The lowest BCUT2D eigenvalue weighted by molar-refractivity contribution is 0.0600. The molecule has 4 heteroatoms. The van der Waals surface area contributed by atoms with Crippen LogP contribution in [0, 0.1) is 6.92 Å². The number of benzene rings is 1. The van der Waals surface area contributed by atoms with Crippen LogP contribution in [0.5, 0.6) is 0 Å². The Hall–Kier alpha value is -1.55. The van der Waals surface area contributed by atoms with Crippen LogP contribution in [0.2, 0.25) is 0 Å². The molecule has 0 heterocycles. The zero-order valence-corrected chi connectivity index (χ0v) is 10.7. The van der Waals surface area contributed by atoms with Crippen molar-refractivity contribution >= 4 is 11.7 Å². The van der Waals surface area contributed by atoms with Crippen molar-refractivity contribution < 1.29 is 14.3 Å². The number of carbonyl (C=O) groups is 1. The van der Waals surface area contributed by atoms with Gasteiger partial charge in [0.25, 0.3) is 0 Å². The predicted molar refractivity (Wildman–Crippen MR) is 67.5 cm³/mol. The molecule has 0 radical (unpaired) electrons. The average Bonchev–Trinajstić information content (AvgIpc) is 2.31. The van der Waals surface area contributed by atoms with Crippen LogP contribution in [0.15, 0.2) is 18.2 Å². The molecule has 1 atom stereocenters. The topological polar surface area (TPSA) is 47.6 Å². The molecule has 0 aliphatic carbocycles. The third kappa shape index (κ3) is 3.75. The normalized spacial score (nSPS) is 12.0. The summed E-state index contributed by atoms with van der Waals surface area (Å²) in [4.78, 5) is 11.3. The SMILES string of the molecule is COCC(C)Nc1ccc(C(=O)OC)cc1C. The predicted octanol–water partition coefficient (Wildman–Crippen LogP) is 2.23. The lowest BCUT2D eigenvalue weighted by atomic mass is 10.1. The van der Waals surface area contributed by atoms with Gasteiger partial charge in [-0.3, -0.25) is 0 Å². The van der Waals surface area contributed by atoms with Crippen LogP contribution in [-0.4, -0.2) is 32.8 Å². The van der Waals surface area contributed by atoms with E-state index >= 15 is 0 Å². The second-order valence-corrected chi connectivity index (χ2v) is 4.02. The summed E-state index contributed by atoms with van der Waals surface area (Å²) in [6.07, 6.45) is 0. The minimum atomic E-state index is -0.315. The first-order valence-electron chi connectivity index (χ1n) is 5.53. The Morgan fingerprint density at radius 2 is 2.12 bits per heavy atom. The number of hydrogen-bond donors (Lipinski definition) is 1. The molecule has 94 valence electrons. The highest BCUT2D eigenvalue weighted by molar-refractivity contribution is 5.90. The van der Waals surface area contributed by atoms with Crippen molar-refractivity contribution in [1.82, 2.24) is 0 Å². The Labute approximate surface area is 102 Å². The number of aryl methyl sites for hydroxylation is 1. The number of hydrogen-bond acceptors (Lipinski definition) is 4. The molecule has 0 fully saturated rings. The average molecular weight is 237 g/mol. The van der Waals surface area contributed by atoms with Crippen LogP contribution in [0.3, 0.4) is 0 Å². The molecule has 1 N–H and O–H groups in total. The Bertz CT molecular complexity index is 390. The van der Waals surface area contributed by atoms with Gasteiger partial charge in [-0.25, -0.2) is 4.79 Å². The number of ether oxygens (including phenoxy) is 2. The highest BCUT2D eigenvalue weighted by atomic mass is 16.5. The van der Waals surface area contributed by atoms with Crippen LogP contribution >= 0.6 is 0 Å². The van der Waals surface area contributed by atoms with E-state index in [1.54, 1.807) is 13.2 Å². The van der Waals surface area contributed by atoms with Gasteiger partial charge in [0, 0.05) is 18.8 Å². The second kappa shape index (κ2) is 6.25. The molecular formula is C13H19NO3. The fourth-order valence-electron chi connectivity index (χ4n) is 1.63. The fraction of sp³-hybridized carbons (Fsp3) is 0.462. The van der Waals surface area contributed by atoms with E-state index in [0.29, 0.717) is 12.2 Å². The summed E-state index contributed by atoms with van der Waals surface area (Å²) < 4.78 is 9.73. The minimum Gasteiger partial charge on any atom is -0.465 e. The van der Waals surface area contributed by atoms with Crippen molar-refractivity contribution in [3.05, 3.63) is 29.3 Å². The molecule has 0 aliphatic rings. The Morgan fingerprint density at radius 1 is 1.41 bits per heavy atom. The zero-order valence-electron chi connectivity index (χ0n) is 10.7. The van der Waals surface area contributed by atoms with Gasteiger partial charge in [-0.2, -0.15) is 0 Å². The van der Waals surface area contributed by atoms with Gasteiger partial charge in [0.05, 0.1) is 19.3 Å². The Morgan fingerprint density at radius 3 is 2.65 bits per heavy atom. The van der Waals surface area contributed by atoms with Gasteiger partial charge in [0.1, 0.15) is 0 Å². The number of carbonyl (C=O) groups excluding carboxylic acids is 1. The second-order valence-electron chi connectivity index (χ2n) is 4.02. The van der Waals surface area contributed by atoms with Crippen molar-refractivity contribution in [2.45, 2.75) is 19.9 Å². The van der Waals surface area contributed by atoms with Gasteiger partial charge in [-0.05, 0) is 37.6 Å². The molecule has 0 aromatic heterocycles. The van der Waals surface area contributed by atoms with Crippen LogP contribution in [-0.2, 0) is 9.47 Å². The molecule has 1 rings (SSSR count). The molecule has 1 aromatic rings. The van der Waals surface area contributed by atoms with Crippen molar-refractivity contribution in [1.29, 1.82) is 0 Å². The van der Waals surface area contributed by atoms with Crippen LogP contribution in [0.25, 0.3) is 0 Å². The zero-order chi connectivity index (χ0) is 12.8. The standard InChI is InChI=1S/C13H19NO3/c1-9-7-11(13(15)17-4)5-6-12(9)14-10(2)8-16-3/h5-7,10,14H,8H2,1-4H3. The lowest BCUT2D eigenvalue weighted by Gasteiger charge is -2.16. The van der Waals surface area contributed by atoms with E-state index < -0.39 is 0 Å². The molecule has 0 saturated heterocycles. The smallest absolute Gasteiger partial charge is 0.337 e. The third-order valence-electron chi connectivity index (χ3n) is 2.47. The monoisotopic (exact) mass is 237 g/mol. The van der Waals surface area contributed by atoms with Gasteiger partial charge >= 0.3 is 5.97 Å². The number of anilines is 1. The number of esters is 1. The van der Waals surface area contributed by atoms with E-state index in [2.05, 4.69) is 10.1 Å². The molecule has 4 nitrogen and oxygen atoms in total. The first-order valence-corrected chi connectivity index (χ1v) is 5.53. The maximum atomic E-state index is 11.3. The van der Waals surface area contributed by atoms with Crippen molar-refractivity contribution in [3.63, 3.8) is 0 Å². The van der Waals surface area contributed by atoms with Crippen molar-refractivity contribution in [2.75, 3.05) is 26.1 Å². The number of rotatable bonds is 5. The Balaban J connectivity index is 2.79. The first kappa shape index (κ1) is 13.5. The third-order valence-corrected chi connectivity index (χ3v) is 2.47. The highest BCUT2D eigenvalue weighted by Gasteiger charge is 2.08. The highest BCUT2D eigenvalue weighted by Crippen LogP contribution is 2.18. The minimum absolute atomic E-state index is 0.225. The van der Waals surface area contributed by atoms with Gasteiger partial charge < -0.3 is 14.8 Å². The molecule has 0 spiro atoms. The number of methoxy groups -OCH3 is 2. The quantitative estimate of drug-likeness (QED) is 0.798. The van der Waals surface area contributed by atoms with Crippen LogP contribution < -0.4 is 5.32 Å². The Kier molecular flexibility index (Phi) is 4.97. The molecular weight excluding hydrogens is 218 g/mol. The summed E-state index contributed by atoms with van der Waals surface area (Å²) >= 11 is 0. The molecule has 1 aromatic carbocycles. The maximum Gasteiger partial charge on any atom is 0.337 e. The largest absolute Gasteiger partial charge is 0.465 e. The van der Waals surface area contributed by atoms with Gasteiger partial charge in [-0.15, -0.1) is 0 Å². The number of nitrogens with one attached hydrogen (secondary N) is 1. The van der Waals surface area contributed by atoms with Crippen molar-refractivity contribution in [3.8, 4) is 0 Å². The van der Waals surface area contributed by atoms with Gasteiger partial charge in [0.15, 0.2) is 0 Å². The van der Waals surface area contributed by atoms with E-state index in [0.717, 1.165) is 11.3 Å². The van der Waals surface area contributed by atoms with Crippen LogP contribution in [0.1, 0.15) is 22.8 Å². The summed E-state index contributed by atoms with van der Waals surface area (Å²) in [6, 6.07) is 5.67.